The minimum atomic E-state index is -0.268. The quantitative estimate of drug-likeness (QED) is 0.527. The van der Waals surface area contributed by atoms with Crippen LogP contribution in [-0.4, -0.2) is 30.4 Å². The van der Waals surface area contributed by atoms with Gasteiger partial charge < -0.3 is 9.47 Å². The van der Waals surface area contributed by atoms with Gasteiger partial charge in [-0.2, -0.15) is 5.10 Å². The Bertz CT molecular complexity index is 968. The summed E-state index contributed by atoms with van der Waals surface area (Å²) >= 11 is 0. The zero-order valence-corrected chi connectivity index (χ0v) is 14.4. The first-order valence-electron chi connectivity index (χ1n) is 7.88. The van der Waals surface area contributed by atoms with E-state index in [0.29, 0.717) is 17.2 Å². The molecule has 2 aromatic carbocycles. The minimum absolute atomic E-state index is 0.245. The van der Waals surface area contributed by atoms with E-state index in [1.54, 1.807) is 26.5 Å². The van der Waals surface area contributed by atoms with Crippen molar-refractivity contribution in [3.63, 3.8) is 0 Å². The molecular weight excluding hydrogens is 332 g/mol. The summed E-state index contributed by atoms with van der Waals surface area (Å²) in [7, 11) is 3.13. The summed E-state index contributed by atoms with van der Waals surface area (Å²) in [6.07, 6.45) is 1.57. The number of para-hydroxylation sites is 1. The topological polar surface area (TPSA) is 88.6 Å². The van der Waals surface area contributed by atoms with E-state index in [4.69, 9.17) is 9.47 Å². The second-order valence-corrected chi connectivity index (χ2v) is 5.30. The lowest BCUT2D eigenvalue weighted by Crippen LogP contribution is -2.10. The number of anilines is 1. The van der Waals surface area contributed by atoms with Crippen LogP contribution in [0.1, 0.15) is 5.56 Å². The van der Waals surface area contributed by atoms with E-state index < -0.39 is 0 Å². The number of hydrogen-bond donors (Lipinski definition) is 2. The molecule has 2 N–H and O–H groups in total. The van der Waals surface area contributed by atoms with Crippen molar-refractivity contribution in [2.75, 3.05) is 19.6 Å². The van der Waals surface area contributed by atoms with Gasteiger partial charge in [0.05, 0.1) is 26.1 Å². The zero-order valence-electron chi connectivity index (χ0n) is 14.4. The first-order valence-corrected chi connectivity index (χ1v) is 7.88. The largest absolute Gasteiger partial charge is 0.493 e. The fourth-order valence-corrected chi connectivity index (χ4v) is 2.44. The molecule has 0 amide bonds. The van der Waals surface area contributed by atoms with Crippen LogP contribution < -0.4 is 20.5 Å². The molecule has 3 aromatic rings. The van der Waals surface area contributed by atoms with Crippen LogP contribution in [0.4, 0.5) is 5.95 Å². The van der Waals surface area contributed by atoms with Crippen molar-refractivity contribution in [2.24, 2.45) is 5.10 Å². The molecule has 0 bridgehead atoms. The SMILES string of the molecule is COc1cccc(/C=N/Nc2nc(-c3ccccc3)cc(=O)[nH]2)c1OC. The maximum atomic E-state index is 11.9. The van der Waals surface area contributed by atoms with Gasteiger partial charge in [-0.05, 0) is 12.1 Å². The normalized spacial score (nSPS) is 10.7. The van der Waals surface area contributed by atoms with E-state index in [0.717, 1.165) is 11.1 Å². The third kappa shape index (κ3) is 3.89. The molecule has 0 spiro atoms. The van der Waals surface area contributed by atoms with Gasteiger partial charge in [0.2, 0.25) is 5.95 Å². The Labute approximate surface area is 150 Å². The lowest BCUT2D eigenvalue weighted by molar-refractivity contribution is 0.354. The molecule has 1 aromatic heterocycles. The van der Waals surface area contributed by atoms with Crippen LogP contribution in [0.3, 0.4) is 0 Å². The van der Waals surface area contributed by atoms with Gasteiger partial charge in [-0.15, -0.1) is 0 Å². The van der Waals surface area contributed by atoms with Crippen molar-refractivity contribution in [1.82, 2.24) is 9.97 Å². The standard InChI is InChI=1S/C19H18N4O3/c1-25-16-10-6-9-14(18(16)26-2)12-20-23-19-21-15(11-17(24)22-19)13-7-4-3-5-8-13/h3-12H,1-2H3,(H2,21,22,23,24)/b20-12+. The second-order valence-electron chi connectivity index (χ2n) is 5.30. The zero-order chi connectivity index (χ0) is 18.4. The maximum Gasteiger partial charge on any atom is 0.252 e. The van der Waals surface area contributed by atoms with Crippen molar-refractivity contribution in [3.05, 3.63) is 70.5 Å². The molecule has 0 unspecified atom stereocenters. The molecule has 7 heteroatoms. The molecule has 1 heterocycles. The van der Waals surface area contributed by atoms with E-state index in [2.05, 4.69) is 20.5 Å². The first-order chi connectivity index (χ1) is 12.7. The van der Waals surface area contributed by atoms with Crippen molar-refractivity contribution in [2.45, 2.75) is 0 Å². The summed E-state index contributed by atoms with van der Waals surface area (Å²) in [5.74, 6) is 1.42. The number of hydrazone groups is 1. The average molecular weight is 350 g/mol. The van der Waals surface area contributed by atoms with Crippen molar-refractivity contribution < 1.29 is 9.47 Å². The number of methoxy groups -OCH3 is 2. The highest BCUT2D eigenvalue weighted by molar-refractivity contribution is 5.85. The molecule has 0 atom stereocenters. The molecule has 26 heavy (non-hydrogen) atoms. The number of hydrogen-bond acceptors (Lipinski definition) is 6. The highest BCUT2D eigenvalue weighted by atomic mass is 16.5. The molecule has 132 valence electrons. The summed E-state index contributed by atoms with van der Waals surface area (Å²) in [6, 6.07) is 16.4. The molecule has 0 radical (unpaired) electrons. The lowest BCUT2D eigenvalue weighted by atomic mass is 10.1. The second kappa shape index (κ2) is 7.98. The summed E-state index contributed by atoms with van der Waals surface area (Å²) < 4.78 is 10.6. The predicted octanol–water partition coefficient (Wildman–Crippen LogP) is 2.90. The first kappa shape index (κ1) is 17.2. The van der Waals surface area contributed by atoms with Crippen LogP contribution in [0, 0.1) is 0 Å². The Morgan fingerprint density at radius 1 is 1.08 bits per heavy atom. The van der Waals surface area contributed by atoms with E-state index in [9.17, 15) is 4.79 Å². The monoisotopic (exact) mass is 350 g/mol. The van der Waals surface area contributed by atoms with Crippen LogP contribution in [-0.2, 0) is 0 Å². The number of nitrogens with zero attached hydrogens (tertiary/aromatic N) is 2. The molecule has 7 nitrogen and oxygen atoms in total. The molecule has 0 aliphatic rings. The van der Waals surface area contributed by atoms with Crippen LogP contribution >= 0.6 is 0 Å². The van der Waals surface area contributed by atoms with E-state index in [1.165, 1.54) is 6.07 Å². The number of benzene rings is 2. The Morgan fingerprint density at radius 3 is 2.62 bits per heavy atom. The predicted molar refractivity (Wildman–Crippen MR) is 101 cm³/mol. The third-order valence-electron chi connectivity index (χ3n) is 3.62. The van der Waals surface area contributed by atoms with Crippen molar-refractivity contribution in [1.29, 1.82) is 0 Å². The molecule has 0 aliphatic heterocycles. The Morgan fingerprint density at radius 2 is 1.88 bits per heavy atom. The summed E-state index contributed by atoms with van der Waals surface area (Å²) in [5.41, 5.74) is 4.60. The number of rotatable bonds is 6. The summed E-state index contributed by atoms with van der Waals surface area (Å²) in [5, 5.41) is 4.13. The Balaban J connectivity index is 1.84. The van der Waals surface area contributed by atoms with Gasteiger partial charge in [-0.3, -0.25) is 9.78 Å². The van der Waals surface area contributed by atoms with Gasteiger partial charge in [0, 0.05) is 17.2 Å². The van der Waals surface area contributed by atoms with Gasteiger partial charge in [-0.1, -0.05) is 36.4 Å². The molecule has 0 saturated carbocycles. The van der Waals surface area contributed by atoms with Crippen LogP contribution in [0.5, 0.6) is 11.5 Å². The number of aromatic nitrogens is 2. The lowest BCUT2D eigenvalue weighted by Gasteiger charge is -2.09. The average Bonchev–Trinajstić information content (AvgIpc) is 2.68. The van der Waals surface area contributed by atoms with E-state index in [1.807, 2.05) is 42.5 Å². The molecule has 0 aliphatic carbocycles. The number of H-pyrrole nitrogens is 1. The van der Waals surface area contributed by atoms with Gasteiger partial charge in [0.25, 0.3) is 5.56 Å². The van der Waals surface area contributed by atoms with Gasteiger partial charge in [0.15, 0.2) is 11.5 Å². The highest BCUT2D eigenvalue weighted by Gasteiger charge is 2.07. The fourth-order valence-electron chi connectivity index (χ4n) is 2.44. The summed E-state index contributed by atoms with van der Waals surface area (Å²) in [4.78, 5) is 18.9. The molecule has 0 saturated heterocycles. The fraction of sp³-hybridized carbons (Fsp3) is 0.105. The molecule has 0 fully saturated rings. The maximum absolute atomic E-state index is 11.9. The van der Waals surface area contributed by atoms with Gasteiger partial charge >= 0.3 is 0 Å². The van der Waals surface area contributed by atoms with Crippen molar-refractivity contribution >= 4 is 12.2 Å². The van der Waals surface area contributed by atoms with E-state index >= 15 is 0 Å². The molecular formula is C19H18N4O3. The summed E-state index contributed by atoms with van der Waals surface area (Å²) in [6.45, 7) is 0. The van der Waals surface area contributed by atoms with Crippen molar-refractivity contribution in [3.8, 4) is 22.8 Å². The van der Waals surface area contributed by atoms with Gasteiger partial charge in [0.1, 0.15) is 0 Å². The van der Waals surface area contributed by atoms with Crippen LogP contribution in [0.15, 0.2) is 64.5 Å². The Kier molecular flexibility index (Phi) is 5.28. The van der Waals surface area contributed by atoms with Crippen LogP contribution in [0.25, 0.3) is 11.3 Å². The molecule has 3 rings (SSSR count). The van der Waals surface area contributed by atoms with Crippen LogP contribution in [0.2, 0.25) is 0 Å². The third-order valence-corrected chi connectivity index (χ3v) is 3.62. The van der Waals surface area contributed by atoms with E-state index in [-0.39, 0.29) is 11.5 Å². The number of ether oxygens (including phenoxy) is 2. The minimum Gasteiger partial charge on any atom is -0.493 e. The number of aromatic amines is 1. The number of nitrogens with one attached hydrogen (secondary N) is 2. The highest BCUT2D eigenvalue weighted by Crippen LogP contribution is 2.29. The smallest absolute Gasteiger partial charge is 0.252 e. The van der Waals surface area contributed by atoms with Gasteiger partial charge in [-0.25, -0.2) is 10.4 Å². The Hall–Kier alpha value is -3.61.